The smallest absolute Gasteiger partial charge is 0.337 e. The summed E-state index contributed by atoms with van der Waals surface area (Å²) in [6.45, 7) is 4.35. The number of allylic oxidation sites excluding steroid dienone is 1. The molecule has 0 saturated carbocycles. The molecule has 4 N–H and O–H groups in total. The third-order valence-electron chi connectivity index (χ3n) is 5.54. The summed E-state index contributed by atoms with van der Waals surface area (Å²) in [6, 6.07) is 15.0. The minimum atomic E-state index is -0.566. The summed E-state index contributed by atoms with van der Waals surface area (Å²) < 4.78 is 17.2. The van der Waals surface area contributed by atoms with Crippen molar-refractivity contribution in [3.8, 4) is 11.5 Å². The zero-order valence-electron chi connectivity index (χ0n) is 19.2. The van der Waals surface area contributed by atoms with Crippen LogP contribution in [0.15, 0.2) is 59.8 Å². The first-order valence-electron chi connectivity index (χ1n) is 10.8. The van der Waals surface area contributed by atoms with Gasteiger partial charge in [0.25, 0.3) is 0 Å². The van der Waals surface area contributed by atoms with Crippen molar-refractivity contribution in [1.82, 2.24) is 9.97 Å². The van der Waals surface area contributed by atoms with Gasteiger partial charge in [0.15, 0.2) is 16.3 Å². The van der Waals surface area contributed by atoms with Crippen LogP contribution in [0.1, 0.15) is 36.5 Å². The zero-order chi connectivity index (χ0) is 24.2. The number of anilines is 2. The second kappa shape index (κ2) is 9.96. The number of esters is 1. The molecule has 1 aliphatic heterocycles. The summed E-state index contributed by atoms with van der Waals surface area (Å²) in [5, 5.41) is 3.18. The fraction of sp³-hybridized carbons (Fsp3) is 0.240. The average Bonchev–Trinajstić information content (AvgIpc) is 2.82. The lowest BCUT2D eigenvalue weighted by molar-refractivity contribution is -0.140. The summed E-state index contributed by atoms with van der Waals surface area (Å²) >= 11 is 5.21. The first-order valence-corrected chi connectivity index (χ1v) is 11.2. The monoisotopic (exact) mass is 478 g/mol. The summed E-state index contributed by atoms with van der Waals surface area (Å²) in [5.41, 5.74) is 9.66. The molecule has 0 radical (unpaired) electrons. The van der Waals surface area contributed by atoms with E-state index in [0.717, 1.165) is 11.1 Å². The highest BCUT2D eigenvalue weighted by atomic mass is 32.1. The number of H-pyrrole nitrogens is 1. The quantitative estimate of drug-likeness (QED) is 0.331. The van der Waals surface area contributed by atoms with Gasteiger partial charge >= 0.3 is 5.97 Å². The first kappa shape index (κ1) is 23.3. The van der Waals surface area contributed by atoms with Gasteiger partial charge in [-0.3, -0.25) is 0 Å². The number of carbonyl (C=O) groups is 1. The summed E-state index contributed by atoms with van der Waals surface area (Å²) in [6.07, 6.45) is 0. The molecule has 1 aromatic heterocycles. The molecule has 8 nitrogen and oxygen atoms in total. The predicted octanol–water partition coefficient (Wildman–Crippen LogP) is 4.70. The first-order chi connectivity index (χ1) is 16.4. The van der Waals surface area contributed by atoms with Crippen molar-refractivity contribution in [3.63, 3.8) is 0 Å². The highest BCUT2D eigenvalue weighted by Gasteiger charge is 2.36. The second-order valence-electron chi connectivity index (χ2n) is 7.72. The third-order valence-corrected chi connectivity index (χ3v) is 5.73. The number of nitrogens with one attached hydrogen (secondary N) is 2. The molecule has 4 rings (SSSR count). The van der Waals surface area contributed by atoms with Gasteiger partial charge in [0, 0.05) is 11.3 Å². The Balaban J connectivity index is 1.80. The molecule has 0 aliphatic carbocycles. The van der Waals surface area contributed by atoms with Crippen LogP contribution in [0.25, 0.3) is 0 Å². The van der Waals surface area contributed by atoms with E-state index < -0.39 is 11.9 Å². The highest BCUT2D eigenvalue weighted by molar-refractivity contribution is 7.71. The van der Waals surface area contributed by atoms with Crippen LogP contribution in [-0.4, -0.2) is 29.7 Å². The number of methoxy groups -OCH3 is 1. The van der Waals surface area contributed by atoms with Crippen LogP contribution in [0.4, 0.5) is 11.6 Å². The van der Waals surface area contributed by atoms with Crippen molar-refractivity contribution in [2.45, 2.75) is 26.4 Å². The van der Waals surface area contributed by atoms with Crippen LogP contribution in [0, 0.1) is 4.77 Å². The fourth-order valence-corrected chi connectivity index (χ4v) is 4.24. The molecule has 3 aromatic rings. The predicted molar refractivity (Wildman–Crippen MR) is 132 cm³/mol. The van der Waals surface area contributed by atoms with Gasteiger partial charge < -0.3 is 30.2 Å². The SMILES string of the molecule is CCOc1ccc(C2C(C(=O)OCc3ccccc3)=C(C)Nc3nc(=S)[nH]c(N)c32)cc1OC. The summed E-state index contributed by atoms with van der Waals surface area (Å²) in [4.78, 5) is 20.7. The molecule has 0 fully saturated rings. The van der Waals surface area contributed by atoms with Crippen LogP contribution < -0.4 is 20.5 Å². The summed E-state index contributed by atoms with van der Waals surface area (Å²) in [7, 11) is 1.57. The van der Waals surface area contributed by atoms with Gasteiger partial charge in [0.2, 0.25) is 0 Å². The van der Waals surface area contributed by atoms with Crippen molar-refractivity contribution >= 4 is 29.8 Å². The molecule has 0 spiro atoms. The van der Waals surface area contributed by atoms with E-state index in [1.54, 1.807) is 14.0 Å². The van der Waals surface area contributed by atoms with E-state index in [9.17, 15) is 4.79 Å². The van der Waals surface area contributed by atoms with Gasteiger partial charge in [-0.05, 0) is 49.3 Å². The lowest BCUT2D eigenvalue weighted by Crippen LogP contribution is -2.26. The molecule has 0 bridgehead atoms. The number of hydrogen-bond acceptors (Lipinski definition) is 8. The van der Waals surface area contributed by atoms with Crippen LogP contribution in [-0.2, 0) is 16.1 Å². The Kier molecular flexibility index (Phi) is 6.83. The van der Waals surface area contributed by atoms with E-state index in [1.165, 1.54) is 0 Å². The standard InChI is InChI=1S/C25H26N4O4S/c1-4-32-17-11-10-16(12-18(17)31-3)20-19(24(30)33-13-15-8-6-5-7-9-15)14(2)27-23-21(20)22(26)28-25(34)29-23/h5-12,20H,4,13H2,1-3H3,(H4,26,27,28,29,34). The minimum absolute atomic E-state index is 0.146. The van der Waals surface area contributed by atoms with Gasteiger partial charge in [0.1, 0.15) is 18.2 Å². The van der Waals surface area contributed by atoms with Crippen molar-refractivity contribution in [2.75, 3.05) is 24.8 Å². The van der Waals surface area contributed by atoms with Crippen LogP contribution in [0.3, 0.4) is 0 Å². The van der Waals surface area contributed by atoms with Gasteiger partial charge in [-0.1, -0.05) is 36.4 Å². The average molecular weight is 479 g/mol. The lowest BCUT2D eigenvalue weighted by Gasteiger charge is -2.30. The van der Waals surface area contributed by atoms with E-state index in [-0.39, 0.29) is 11.4 Å². The number of fused-ring (bicyclic) bond motifs is 1. The fourth-order valence-electron chi connectivity index (χ4n) is 4.04. The Labute approximate surface area is 202 Å². The van der Waals surface area contributed by atoms with Gasteiger partial charge in [-0.25, -0.2) is 9.78 Å². The van der Waals surface area contributed by atoms with Crippen molar-refractivity contribution in [3.05, 3.63) is 81.3 Å². The summed E-state index contributed by atoms with van der Waals surface area (Å²) in [5.74, 6) is 0.944. The number of carbonyl (C=O) groups excluding carboxylic acids is 1. The number of nitrogens with two attached hydrogens (primary N) is 1. The second-order valence-corrected chi connectivity index (χ2v) is 8.11. The number of aromatic amines is 1. The molecule has 176 valence electrons. The molecule has 2 aromatic carbocycles. The van der Waals surface area contributed by atoms with Crippen molar-refractivity contribution in [2.24, 2.45) is 0 Å². The largest absolute Gasteiger partial charge is 0.493 e. The van der Waals surface area contributed by atoms with E-state index in [0.29, 0.717) is 46.6 Å². The molecular weight excluding hydrogens is 452 g/mol. The lowest BCUT2D eigenvalue weighted by atomic mass is 9.81. The molecule has 9 heteroatoms. The maximum absolute atomic E-state index is 13.4. The van der Waals surface area contributed by atoms with Crippen LogP contribution in [0.5, 0.6) is 11.5 Å². The number of ether oxygens (including phenoxy) is 3. The van der Waals surface area contributed by atoms with Crippen LogP contribution >= 0.6 is 12.2 Å². The Bertz CT molecular complexity index is 1300. The zero-order valence-corrected chi connectivity index (χ0v) is 20.0. The molecule has 1 atom stereocenters. The Morgan fingerprint density at radius 2 is 1.94 bits per heavy atom. The maximum atomic E-state index is 13.4. The van der Waals surface area contributed by atoms with E-state index in [2.05, 4.69) is 15.3 Å². The molecule has 0 saturated heterocycles. The van der Waals surface area contributed by atoms with E-state index in [4.69, 9.17) is 32.2 Å². The number of nitrogen functional groups attached to an aromatic ring is 1. The number of benzene rings is 2. The Morgan fingerprint density at radius 1 is 1.18 bits per heavy atom. The maximum Gasteiger partial charge on any atom is 0.337 e. The van der Waals surface area contributed by atoms with Crippen molar-refractivity contribution in [1.29, 1.82) is 0 Å². The number of rotatable bonds is 7. The van der Waals surface area contributed by atoms with Crippen molar-refractivity contribution < 1.29 is 19.0 Å². The van der Waals surface area contributed by atoms with Gasteiger partial charge in [-0.2, -0.15) is 0 Å². The Hall–Kier alpha value is -3.85. The van der Waals surface area contributed by atoms with E-state index >= 15 is 0 Å². The highest BCUT2D eigenvalue weighted by Crippen LogP contribution is 2.45. The molecule has 1 unspecified atom stereocenters. The number of nitrogens with zero attached hydrogens (tertiary/aromatic N) is 1. The Morgan fingerprint density at radius 3 is 2.65 bits per heavy atom. The topological polar surface area (TPSA) is 111 Å². The number of aromatic nitrogens is 2. The van der Waals surface area contributed by atoms with Gasteiger partial charge in [-0.15, -0.1) is 0 Å². The minimum Gasteiger partial charge on any atom is -0.493 e. The molecular formula is C25H26N4O4S. The molecule has 2 heterocycles. The van der Waals surface area contributed by atoms with E-state index in [1.807, 2.05) is 55.5 Å². The van der Waals surface area contributed by atoms with Crippen LogP contribution in [0.2, 0.25) is 0 Å². The number of hydrogen-bond donors (Lipinski definition) is 3. The molecule has 1 aliphatic rings. The molecule has 0 amide bonds. The molecule has 34 heavy (non-hydrogen) atoms. The normalized spacial score (nSPS) is 14.7. The third kappa shape index (κ3) is 4.60. The van der Waals surface area contributed by atoms with Gasteiger partial charge in [0.05, 0.1) is 25.2 Å².